The quantitative estimate of drug-likeness (QED) is 0.864. The molecule has 0 spiro atoms. The van der Waals surface area contributed by atoms with Crippen LogP contribution in [0, 0.1) is 0 Å². The van der Waals surface area contributed by atoms with Crippen LogP contribution in [0.3, 0.4) is 0 Å². The summed E-state index contributed by atoms with van der Waals surface area (Å²) in [5.41, 5.74) is 0.717. The highest BCUT2D eigenvalue weighted by atomic mass is 79.9. The lowest BCUT2D eigenvalue weighted by molar-refractivity contribution is 0.516. The lowest BCUT2D eigenvalue weighted by atomic mass is 10.3. The minimum absolute atomic E-state index is 0.525. The molecule has 0 radical (unpaired) electrons. The van der Waals surface area contributed by atoms with E-state index in [1.165, 1.54) is 0 Å². The number of furan rings is 1. The summed E-state index contributed by atoms with van der Waals surface area (Å²) in [6.07, 6.45) is 1.62. The molecule has 84 valence electrons. The summed E-state index contributed by atoms with van der Waals surface area (Å²) in [6, 6.07) is 7.21. The van der Waals surface area contributed by atoms with Crippen LogP contribution in [0.25, 0.3) is 0 Å². The maximum Gasteiger partial charge on any atom is 0.136 e. The Morgan fingerprint density at radius 2 is 1.88 bits per heavy atom. The normalized spacial score (nSPS) is 10.4. The van der Waals surface area contributed by atoms with E-state index in [0.29, 0.717) is 22.3 Å². The number of nitrogens with one attached hydrogen (secondary N) is 1. The van der Waals surface area contributed by atoms with Crippen LogP contribution in [0.1, 0.15) is 5.76 Å². The first kappa shape index (κ1) is 11.8. The minimum atomic E-state index is 0.525. The lowest BCUT2D eigenvalue weighted by Crippen LogP contribution is -1.99. The summed E-state index contributed by atoms with van der Waals surface area (Å²) in [5.74, 6) is 0.802. The fraction of sp³-hybridized carbons (Fsp3) is 0.0909. The maximum absolute atomic E-state index is 6.02. The van der Waals surface area contributed by atoms with Crippen molar-refractivity contribution >= 4 is 44.8 Å². The summed E-state index contributed by atoms with van der Waals surface area (Å²) in [5, 5.41) is 4.32. The van der Waals surface area contributed by atoms with E-state index in [0.717, 1.165) is 10.2 Å². The Morgan fingerprint density at radius 3 is 2.44 bits per heavy atom. The van der Waals surface area contributed by atoms with E-state index in [4.69, 9.17) is 27.6 Å². The zero-order valence-corrected chi connectivity index (χ0v) is 11.2. The summed E-state index contributed by atoms with van der Waals surface area (Å²) in [4.78, 5) is 0. The van der Waals surface area contributed by atoms with Crippen LogP contribution >= 0.6 is 39.1 Å². The molecule has 0 saturated heterocycles. The topological polar surface area (TPSA) is 25.2 Å². The molecule has 0 fully saturated rings. The van der Waals surface area contributed by atoms with Gasteiger partial charge in [-0.15, -0.1) is 0 Å². The molecule has 0 saturated carbocycles. The third kappa shape index (κ3) is 2.54. The Labute approximate surface area is 112 Å². The van der Waals surface area contributed by atoms with E-state index in [-0.39, 0.29) is 0 Å². The highest BCUT2D eigenvalue weighted by molar-refractivity contribution is 9.10. The van der Waals surface area contributed by atoms with Crippen LogP contribution in [-0.4, -0.2) is 0 Å². The summed E-state index contributed by atoms with van der Waals surface area (Å²) in [6.45, 7) is 0.525. The van der Waals surface area contributed by atoms with Gasteiger partial charge >= 0.3 is 0 Å². The second-order valence-electron chi connectivity index (χ2n) is 3.14. The van der Waals surface area contributed by atoms with Crippen molar-refractivity contribution in [2.24, 2.45) is 0 Å². The molecule has 2 nitrogen and oxygen atoms in total. The number of rotatable bonds is 3. The number of hydrogen-bond donors (Lipinski definition) is 1. The van der Waals surface area contributed by atoms with Gasteiger partial charge in [-0.1, -0.05) is 29.3 Å². The van der Waals surface area contributed by atoms with Crippen molar-refractivity contribution in [2.75, 3.05) is 5.32 Å². The van der Waals surface area contributed by atoms with Crippen LogP contribution in [0.15, 0.2) is 39.4 Å². The molecule has 0 aliphatic rings. The molecule has 0 amide bonds. The summed E-state index contributed by atoms with van der Waals surface area (Å²) < 4.78 is 6.19. The van der Waals surface area contributed by atoms with Crippen LogP contribution in [0.5, 0.6) is 0 Å². The maximum atomic E-state index is 6.02. The Balaban J connectivity index is 2.14. The fourth-order valence-electron chi connectivity index (χ4n) is 1.29. The van der Waals surface area contributed by atoms with Crippen molar-refractivity contribution in [1.29, 1.82) is 0 Å². The molecule has 1 N–H and O–H groups in total. The second-order valence-corrected chi connectivity index (χ2v) is 4.81. The standard InChI is InChI=1S/C11H8BrCl2NO/c12-7-4-5-16-10(7)6-15-11-8(13)2-1-3-9(11)14/h1-5,15H,6H2. The Hall–Kier alpha value is -0.640. The molecule has 0 aliphatic heterocycles. The number of benzene rings is 1. The average Bonchev–Trinajstić information content (AvgIpc) is 2.64. The molecular formula is C11H8BrCl2NO. The van der Waals surface area contributed by atoms with Gasteiger partial charge < -0.3 is 9.73 Å². The molecular weight excluding hydrogens is 313 g/mol. The summed E-state index contributed by atoms with van der Waals surface area (Å²) in [7, 11) is 0. The number of halogens is 3. The van der Waals surface area contributed by atoms with Crippen molar-refractivity contribution in [1.82, 2.24) is 0 Å². The van der Waals surface area contributed by atoms with Crippen molar-refractivity contribution in [3.63, 3.8) is 0 Å². The van der Waals surface area contributed by atoms with E-state index in [1.54, 1.807) is 24.5 Å². The second kappa shape index (κ2) is 5.13. The Kier molecular flexibility index (Phi) is 3.79. The fourth-order valence-corrected chi connectivity index (χ4v) is 2.16. The first-order valence-electron chi connectivity index (χ1n) is 4.58. The van der Waals surface area contributed by atoms with E-state index in [9.17, 15) is 0 Å². The minimum Gasteiger partial charge on any atom is -0.466 e. The van der Waals surface area contributed by atoms with Gasteiger partial charge in [0.25, 0.3) is 0 Å². The monoisotopic (exact) mass is 319 g/mol. The van der Waals surface area contributed by atoms with Gasteiger partial charge in [0.05, 0.1) is 33.0 Å². The van der Waals surface area contributed by atoms with Gasteiger partial charge in [0.15, 0.2) is 0 Å². The molecule has 2 aromatic rings. The van der Waals surface area contributed by atoms with Gasteiger partial charge in [-0.25, -0.2) is 0 Å². The predicted octanol–water partition coefficient (Wildman–Crippen LogP) is 4.96. The third-order valence-corrected chi connectivity index (χ3v) is 3.42. The van der Waals surface area contributed by atoms with E-state index >= 15 is 0 Å². The molecule has 16 heavy (non-hydrogen) atoms. The van der Waals surface area contributed by atoms with Gasteiger partial charge in [-0.2, -0.15) is 0 Å². The van der Waals surface area contributed by atoms with E-state index in [2.05, 4.69) is 21.2 Å². The predicted molar refractivity (Wildman–Crippen MR) is 70.2 cm³/mol. The summed E-state index contributed by atoms with van der Waals surface area (Å²) >= 11 is 15.4. The Bertz CT molecular complexity index is 478. The van der Waals surface area contributed by atoms with Crippen molar-refractivity contribution in [3.8, 4) is 0 Å². The zero-order valence-electron chi connectivity index (χ0n) is 8.14. The first-order valence-corrected chi connectivity index (χ1v) is 6.13. The van der Waals surface area contributed by atoms with E-state index in [1.807, 2.05) is 6.07 Å². The molecule has 0 unspecified atom stereocenters. The molecule has 0 atom stereocenters. The van der Waals surface area contributed by atoms with Gasteiger partial charge in [0, 0.05) is 0 Å². The van der Waals surface area contributed by atoms with Crippen LogP contribution in [0.4, 0.5) is 5.69 Å². The molecule has 5 heteroatoms. The molecule has 2 rings (SSSR count). The Morgan fingerprint density at radius 1 is 1.19 bits per heavy atom. The third-order valence-electron chi connectivity index (χ3n) is 2.08. The van der Waals surface area contributed by atoms with Gasteiger partial charge in [0.1, 0.15) is 5.76 Å². The molecule has 0 bridgehead atoms. The number of para-hydroxylation sites is 1. The van der Waals surface area contributed by atoms with Gasteiger partial charge in [-0.3, -0.25) is 0 Å². The number of anilines is 1. The highest BCUT2D eigenvalue weighted by Gasteiger charge is 2.07. The lowest BCUT2D eigenvalue weighted by Gasteiger charge is -2.08. The molecule has 0 aliphatic carbocycles. The largest absolute Gasteiger partial charge is 0.466 e. The van der Waals surface area contributed by atoms with Gasteiger partial charge in [-0.05, 0) is 34.1 Å². The van der Waals surface area contributed by atoms with Crippen LogP contribution < -0.4 is 5.32 Å². The van der Waals surface area contributed by atoms with Crippen molar-refractivity contribution in [2.45, 2.75) is 6.54 Å². The van der Waals surface area contributed by atoms with Gasteiger partial charge in [0.2, 0.25) is 0 Å². The zero-order chi connectivity index (χ0) is 11.5. The van der Waals surface area contributed by atoms with Crippen LogP contribution in [0.2, 0.25) is 10.0 Å². The molecule has 1 heterocycles. The average molecular weight is 321 g/mol. The van der Waals surface area contributed by atoms with Crippen molar-refractivity contribution in [3.05, 3.63) is 50.8 Å². The SMILES string of the molecule is Clc1cccc(Cl)c1NCc1occc1Br. The molecule has 1 aromatic heterocycles. The van der Waals surface area contributed by atoms with Crippen molar-refractivity contribution < 1.29 is 4.42 Å². The smallest absolute Gasteiger partial charge is 0.136 e. The molecule has 1 aromatic carbocycles. The number of hydrogen-bond acceptors (Lipinski definition) is 2. The van der Waals surface area contributed by atoms with Crippen LogP contribution in [-0.2, 0) is 6.54 Å². The van der Waals surface area contributed by atoms with E-state index < -0.39 is 0 Å². The highest BCUT2D eigenvalue weighted by Crippen LogP contribution is 2.30. The first-order chi connectivity index (χ1) is 7.68.